The van der Waals surface area contributed by atoms with Gasteiger partial charge in [-0.05, 0) is 32.9 Å². The molecule has 1 aliphatic rings. The van der Waals surface area contributed by atoms with Crippen molar-refractivity contribution in [1.29, 1.82) is 0 Å². The highest BCUT2D eigenvalue weighted by Crippen LogP contribution is 2.12. The largest absolute Gasteiger partial charge is 0.468 e. The fourth-order valence-corrected chi connectivity index (χ4v) is 1.80. The molecule has 2 atom stereocenters. The Bertz CT molecular complexity index is 197. The Balaban J connectivity index is 2.17. The minimum atomic E-state index is -0.189. The Morgan fingerprint density at radius 1 is 1.71 bits per heavy atom. The Labute approximate surface area is 85.6 Å². The molecule has 1 N–H and O–H groups in total. The number of ether oxygens (including phenoxy) is 1. The van der Waals surface area contributed by atoms with Gasteiger partial charge < -0.3 is 15.0 Å². The second kappa shape index (κ2) is 5.32. The Hall–Kier alpha value is -0.610. The summed E-state index contributed by atoms with van der Waals surface area (Å²) in [5.41, 5.74) is 0. The highest BCUT2D eigenvalue weighted by atomic mass is 16.5. The number of rotatable bonds is 4. The van der Waals surface area contributed by atoms with Crippen LogP contribution >= 0.6 is 0 Å². The van der Waals surface area contributed by atoms with Crippen LogP contribution in [0, 0.1) is 5.92 Å². The number of esters is 1. The molecule has 0 bridgehead atoms. The van der Waals surface area contributed by atoms with Crippen LogP contribution in [-0.2, 0) is 9.53 Å². The molecule has 1 saturated heterocycles. The molecular weight excluding hydrogens is 180 g/mol. The molecule has 1 aliphatic heterocycles. The first-order chi connectivity index (χ1) is 6.63. The predicted octanol–water partition coefficient (Wildman–Crippen LogP) is 0.0892. The average Bonchev–Trinajstić information content (AvgIpc) is 2.59. The molecule has 0 spiro atoms. The SMILES string of the molecule is COC(=O)C(C)NCC1CCN(C)C1. The number of likely N-dealkylation sites (tertiary alicyclic amines) is 1. The highest BCUT2D eigenvalue weighted by Gasteiger charge is 2.21. The summed E-state index contributed by atoms with van der Waals surface area (Å²) in [6, 6.07) is -0.189. The maximum Gasteiger partial charge on any atom is 0.322 e. The molecule has 4 heteroatoms. The van der Waals surface area contributed by atoms with Crippen LogP contribution in [0.3, 0.4) is 0 Å². The monoisotopic (exact) mass is 200 g/mol. The van der Waals surface area contributed by atoms with Gasteiger partial charge in [-0.25, -0.2) is 0 Å². The molecule has 0 saturated carbocycles. The zero-order valence-corrected chi connectivity index (χ0v) is 9.25. The summed E-state index contributed by atoms with van der Waals surface area (Å²) in [6.07, 6.45) is 1.22. The molecule has 0 radical (unpaired) electrons. The van der Waals surface area contributed by atoms with Gasteiger partial charge in [-0.1, -0.05) is 0 Å². The molecule has 1 rings (SSSR count). The molecule has 4 nitrogen and oxygen atoms in total. The zero-order chi connectivity index (χ0) is 10.6. The van der Waals surface area contributed by atoms with Gasteiger partial charge in [0.05, 0.1) is 7.11 Å². The number of methoxy groups -OCH3 is 1. The standard InChI is InChI=1S/C10H20N2O2/c1-8(10(13)14-3)11-6-9-4-5-12(2)7-9/h8-9,11H,4-7H2,1-3H3. The molecule has 14 heavy (non-hydrogen) atoms. The number of carbonyl (C=O) groups excluding carboxylic acids is 1. The first-order valence-corrected chi connectivity index (χ1v) is 5.13. The molecule has 2 unspecified atom stereocenters. The average molecular weight is 200 g/mol. The third-order valence-electron chi connectivity index (χ3n) is 2.76. The second-order valence-corrected chi connectivity index (χ2v) is 4.07. The Morgan fingerprint density at radius 2 is 2.43 bits per heavy atom. The van der Waals surface area contributed by atoms with Crippen LogP contribution in [0.2, 0.25) is 0 Å². The summed E-state index contributed by atoms with van der Waals surface area (Å²) in [4.78, 5) is 13.4. The van der Waals surface area contributed by atoms with Crippen LogP contribution in [-0.4, -0.2) is 50.7 Å². The summed E-state index contributed by atoms with van der Waals surface area (Å²) >= 11 is 0. The maximum atomic E-state index is 11.1. The van der Waals surface area contributed by atoms with Gasteiger partial charge in [-0.2, -0.15) is 0 Å². The smallest absolute Gasteiger partial charge is 0.322 e. The van der Waals surface area contributed by atoms with Crippen LogP contribution in [0.25, 0.3) is 0 Å². The van der Waals surface area contributed by atoms with E-state index in [0.717, 1.165) is 13.1 Å². The zero-order valence-electron chi connectivity index (χ0n) is 9.25. The molecule has 0 amide bonds. The van der Waals surface area contributed by atoms with E-state index < -0.39 is 0 Å². The minimum absolute atomic E-state index is 0.184. The lowest BCUT2D eigenvalue weighted by Gasteiger charge is -2.15. The number of carbonyl (C=O) groups is 1. The highest BCUT2D eigenvalue weighted by molar-refractivity contribution is 5.75. The van der Waals surface area contributed by atoms with Crippen molar-refractivity contribution in [2.75, 3.05) is 33.8 Å². The summed E-state index contributed by atoms with van der Waals surface area (Å²) in [5.74, 6) is 0.489. The molecule has 1 fully saturated rings. The number of nitrogens with zero attached hydrogens (tertiary/aromatic N) is 1. The third kappa shape index (κ3) is 3.27. The topological polar surface area (TPSA) is 41.6 Å². The molecule has 0 aromatic heterocycles. The second-order valence-electron chi connectivity index (χ2n) is 4.07. The normalized spacial score (nSPS) is 24.9. The lowest BCUT2D eigenvalue weighted by atomic mass is 10.1. The summed E-state index contributed by atoms with van der Waals surface area (Å²) in [6.45, 7) is 5.03. The van der Waals surface area contributed by atoms with E-state index in [1.807, 2.05) is 6.92 Å². The van der Waals surface area contributed by atoms with Crippen molar-refractivity contribution in [3.05, 3.63) is 0 Å². The van der Waals surface area contributed by atoms with Gasteiger partial charge in [-0.3, -0.25) is 4.79 Å². The Kier molecular flexibility index (Phi) is 4.35. The third-order valence-corrected chi connectivity index (χ3v) is 2.76. The Morgan fingerprint density at radius 3 is 2.93 bits per heavy atom. The molecule has 82 valence electrons. The summed E-state index contributed by atoms with van der Waals surface area (Å²) in [7, 11) is 3.55. The fourth-order valence-electron chi connectivity index (χ4n) is 1.80. The van der Waals surface area contributed by atoms with E-state index in [1.54, 1.807) is 0 Å². The van der Waals surface area contributed by atoms with E-state index >= 15 is 0 Å². The van der Waals surface area contributed by atoms with Gasteiger partial charge in [0.1, 0.15) is 6.04 Å². The van der Waals surface area contributed by atoms with Gasteiger partial charge >= 0.3 is 5.97 Å². The van der Waals surface area contributed by atoms with E-state index in [2.05, 4.69) is 22.0 Å². The van der Waals surface area contributed by atoms with Gasteiger partial charge in [0.2, 0.25) is 0 Å². The van der Waals surface area contributed by atoms with Crippen molar-refractivity contribution >= 4 is 5.97 Å². The van der Waals surface area contributed by atoms with Gasteiger partial charge in [0, 0.05) is 13.1 Å². The summed E-state index contributed by atoms with van der Waals surface area (Å²) in [5, 5.41) is 3.19. The fraction of sp³-hybridized carbons (Fsp3) is 0.900. The molecule has 0 aliphatic carbocycles. The number of hydrogen-bond acceptors (Lipinski definition) is 4. The van der Waals surface area contributed by atoms with E-state index in [0.29, 0.717) is 5.92 Å². The van der Waals surface area contributed by atoms with Crippen LogP contribution in [0.15, 0.2) is 0 Å². The van der Waals surface area contributed by atoms with Crippen molar-refractivity contribution < 1.29 is 9.53 Å². The van der Waals surface area contributed by atoms with Crippen molar-refractivity contribution in [3.63, 3.8) is 0 Å². The van der Waals surface area contributed by atoms with E-state index in [1.165, 1.54) is 20.1 Å². The lowest BCUT2D eigenvalue weighted by Crippen LogP contribution is -2.38. The van der Waals surface area contributed by atoms with Crippen LogP contribution in [0.1, 0.15) is 13.3 Å². The van der Waals surface area contributed by atoms with Crippen LogP contribution in [0.4, 0.5) is 0 Å². The number of nitrogens with one attached hydrogen (secondary N) is 1. The molecule has 0 aromatic rings. The first-order valence-electron chi connectivity index (χ1n) is 5.13. The van der Waals surface area contributed by atoms with Crippen LogP contribution in [0.5, 0.6) is 0 Å². The molecule has 0 aromatic carbocycles. The summed E-state index contributed by atoms with van der Waals surface area (Å²) < 4.78 is 4.64. The van der Waals surface area contributed by atoms with Gasteiger partial charge in [0.25, 0.3) is 0 Å². The quantitative estimate of drug-likeness (QED) is 0.653. The van der Waals surface area contributed by atoms with Gasteiger partial charge in [-0.15, -0.1) is 0 Å². The van der Waals surface area contributed by atoms with Crippen molar-refractivity contribution in [1.82, 2.24) is 10.2 Å². The lowest BCUT2D eigenvalue weighted by molar-refractivity contribution is -0.142. The van der Waals surface area contributed by atoms with Crippen molar-refractivity contribution in [2.45, 2.75) is 19.4 Å². The van der Waals surface area contributed by atoms with Crippen molar-refractivity contribution in [2.24, 2.45) is 5.92 Å². The minimum Gasteiger partial charge on any atom is -0.468 e. The first kappa shape index (κ1) is 11.5. The maximum absolute atomic E-state index is 11.1. The van der Waals surface area contributed by atoms with Crippen LogP contribution < -0.4 is 5.32 Å². The van der Waals surface area contributed by atoms with Gasteiger partial charge in [0.15, 0.2) is 0 Å². The van der Waals surface area contributed by atoms with E-state index in [4.69, 9.17) is 0 Å². The molecular formula is C10H20N2O2. The number of hydrogen-bond donors (Lipinski definition) is 1. The van der Waals surface area contributed by atoms with Crippen molar-refractivity contribution in [3.8, 4) is 0 Å². The van der Waals surface area contributed by atoms with E-state index in [-0.39, 0.29) is 12.0 Å². The predicted molar refractivity (Wildman–Crippen MR) is 55.1 cm³/mol. The molecule has 1 heterocycles. The van der Waals surface area contributed by atoms with E-state index in [9.17, 15) is 4.79 Å².